The highest BCUT2D eigenvalue weighted by Gasteiger charge is 2.18. The number of nitrogens with two attached hydrogens (primary N) is 1. The van der Waals surface area contributed by atoms with Gasteiger partial charge >= 0.3 is 0 Å². The lowest BCUT2D eigenvalue weighted by Crippen LogP contribution is -2.12. The van der Waals surface area contributed by atoms with Gasteiger partial charge in [-0.15, -0.1) is 11.3 Å². The Balaban J connectivity index is 2.20. The number of thiophene rings is 1. The lowest BCUT2D eigenvalue weighted by Gasteiger charge is -2.16. The van der Waals surface area contributed by atoms with Crippen molar-refractivity contribution in [1.29, 1.82) is 0 Å². The summed E-state index contributed by atoms with van der Waals surface area (Å²) in [6, 6.07) is 14.7. The monoisotopic (exact) mass is 409 g/mol. The molecule has 1 nitrogen and oxygen atoms in total. The molecule has 4 heteroatoms. The summed E-state index contributed by atoms with van der Waals surface area (Å²) in [6.45, 7) is 2.12. The number of rotatable bonds is 2. The number of halogens is 2. The average Bonchev–Trinajstić information content (AvgIpc) is 2.78. The standard InChI is InChI=1S/C16H13Br2NS/c1-9-6-7-10-4-2-3-5-11(10)14(9)15(19)13-8-12(17)16(18)20-13/h2-8,15H,19H2,1H3. The van der Waals surface area contributed by atoms with Gasteiger partial charge in [-0.05, 0) is 66.7 Å². The minimum absolute atomic E-state index is 0.103. The summed E-state index contributed by atoms with van der Waals surface area (Å²) in [7, 11) is 0. The molecular formula is C16H13Br2NS. The molecule has 0 radical (unpaired) electrons. The summed E-state index contributed by atoms with van der Waals surface area (Å²) in [5, 5.41) is 2.47. The van der Waals surface area contributed by atoms with Gasteiger partial charge in [0, 0.05) is 9.35 Å². The van der Waals surface area contributed by atoms with Gasteiger partial charge in [0.25, 0.3) is 0 Å². The minimum atomic E-state index is -0.103. The quantitative estimate of drug-likeness (QED) is 0.568. The zero-order chi connectivity index (χ0) is 14.3. The molecule has 0 aliphatic carbocycles. The number of aryl methyl sites for hydroxylation is 1. The Morgan fingerprint density at radius 2 is 1.85 bits per heavy atom. The molecule has 3 rings (SSSR count). The number of benzene rings is 2. The van der Waals surface area contributed by atoms with Gasteiger partial charge in [0.1, 0.15) is 0 Å². The van der Waals surface area contributed by atoms with Gasteiger partial charge < -0.3 is 5.73 Å². The molecule has 0 aliphatic rings. The molecule has 0 saturated carbocycles. The van der Waals surface area contributed by atoms with Gasteiger partial charge in [-0.3, -0.25) is 0 Å². The predicted octanol–water partition coefficient (Wildman–Crippen LogP) is 5.78. The topological polar surface area (TPSA) is 26.0 Å². The van der Waals surface area contributed by atoms with E-state index in [0.29, 0.717) is 0 Å². The van der Waals surface area contributed by atoms with Crippen LogP contribution in [-0.4, -0.2) is 0 Å². The van der Waals surface area contributed by atoms with Crippen LogP contribution in [0.4, 0.5) is 0 Å². The van der Waals surface area contributed by atoms with Crippen LogP contribution < -0.4 is 5.73 Å². The first kappa shape index (κ1) is 14.3. The highest BCUT2D eigenvalue weighted by Crippen LogP contribution is 2.39. The molecule has 1 heterocycles. The van der Waals surface area contributed by atoms with E-state index >= 15 is 0 Å². The molecular weight excluding hydrogens is 398 g/mol. The summed E-state index contributed by atoms with van der Waals surface area (Å²) in [5.41, 5.74) is 8.98. The predicted molar refractivity (Wildman–Crippen MR) is 94.4 cm³/mol. The van der Waals surface area contributed by atoms with E-state index < -0.39 is 0 Å². The fourth-order valence-electron chi connectivity index (χ4n) is 2.48. The second-order valence-corrected chi connectivity index (χ2v) is 8.02. The number of hydrogen-bond donors (Lipinski definition) is 1. The Bertz CT molecular complexity index is 760. The van der Waals surface area contributed by atoms with Crippen molar-refractivity contribution in [3.8, 4) is 0 Å². The van der Waals surface area contributed by atoms with Crippen LogP contribution in [0.1, 0.15) is 22.0 Å². The van der Waals surface area contributed by atoms with Gasteiger partial charge in [-0.1, -0.05) is 36.4 Å². The maximum absolute atomic E-state index is 6.53. The average molecular weight is 411 g/mol. The highest BCUT2D eigenvalue weighted by atomic mass is 79.9. The van der Waals surface area contributed by atoms with Crippen LogP contribution in [0.3, 0.4) is 0 Å². The van der Waals surface area contributed by atoms with Crippen molar-refractivity contribution in [1.82, 2.24) is 0 Å². The molecule has 3 aromatic rings. The zero-order valence-corrected chi connectivity index (χ0v) is 14.8. The maximum atomic E-state index is 6.53. The fourth-order valence-corrected chi connectivity index (χ4v) is 4.58. The van der Waals surface area contributed by atoms with E-state index in [4.69, 9.17) is 5.73 Å². The van der Waals surface area contributed by atoms with Crippen LogP contribution >= 0.6 is 43.2 Å². The molecule has 0 saturated heterocycles. The number of fused-ring (bicyclic) bond motifs is 1. The van der Waals surface area contributed by atoms with Gasteiger partial charge in [-0.2, -0.15) is 0 Å². The van der Waals surface area contributed by atoms with Crippen LogP contribution in [0.5, 0.6) is 0 Å². The molecule has 1 aromatic heterocycles. The molecule has 0 fully saturated rings. The van der Waals surface area contributed by atoms with Gasteiger partial charge in [0.05, 0.1) is 9.83 Å². The van der Waals surface area contributed by atoms with Gasteiger partial charge in [-0.25, -0.2) is 0 Å². The van der Waals surface area contributed by atoms with Crippen LogP contribution in [0.2, 0.25) is 0 Å². The summed E-state index contributed by atoms with van der Waals surface area (Å²) in [5.74, 6) is 0. The van der Waals surface area contributed by atoms with E-state index in [2.05, 4.69) is 81.2 Å². The first-order valence-electron chi connectivity index (χ1n) is 6.26. The largest absolute Gasteiger partial charge is 0.320 e. The first-order valence-corrected chi connectivity index (χ1v) is 8.66. The molecule has 20 heavy (non-hydrogen) atoms. The minimum Gasteiger partial charge on any atom is -0.320 e. The lowest BCUT2D eigenvalue weighted by molar-refractivity contribution is 0.892. The van der Waals surface area contributed by atoms with Crippen molar-refractivity contribution in [2.75, 3.05) is 0 Å². The highest BCUT2D eigenvalue weighted by molar-refractivity contribution is 9.13. The third-order valence-corrected chi connectivity index (χ3v) is 6.81. The molecule has 1 unspecified atom stereocenters. The molecule has 0 bridgehead atoms. The maximum Gasteiger partial charge on any atom is 0.0843 e. The van der Waals surface area contributed by atoms with Crippen LogP contribution in [-0.2, 0) is 0 Å². The summed E-state index contributed by atoms with van der Waals surface area (Å²) < 4.78 is 2.15. The molecule has 2 N–H and O–H groups in total. The van der Waals surface area contributed by atoms with Crippen molar-refractivity contribution in [2.45, 2.75) is 13.0 Å². The summed E-state index contributed by atoms with van der Waals surface area (Å²) >= 11 is 8.75. The Morgan fingerprint density at radius 3 is 2.55 bits per heavy atom. The van der Waals surface area contributed by atoms with Gasteiger partial charge in [0.2, 0.25) is 0 Å². The molecule has 0 amide bonds. The molecule has 1 atom stereocenters. The van der Waals surface area contributed by atoms with Crippen LogP contribution in [0.15, 0.2) is 50.7 Å². The van der Waals surface area contributed by atoms with Crippen molar-refractivity contribution in [3.63, 3.8) is 0 Å². The van der Waals surface area contributed by atoms with E-state index in [9.17, 15) is 0 Å². The van der Waals surface area contributed by atoms with Crippen molar-refractivity contribution in [2.24, 2.45) is 5.73 Å². The second-order valence-electron chi connectivity index (χ2n) is 4.77. The normalized spacial score (nSPS) is 12.8. The molecule has 0 spiro atoms. The Hall–Kier alpha value is -0.680. The van der Waals surface area contributed by atoms with Crippen molar-refractivity contribution < 1.29 is 0 Å². The summed E-state index contributed by atoms with van der Waals surface area (Å²) in [6.07, 6.45) is 0. The van der Waals surface area contributed by atoms with E-state index in [1.54, 1.807) is 11.3 Å². The molecule has 102 valence electrons. The van der Waals surface area contributed by atoms with E-state index in [1.165, 1.54) is 21.9 Å². The van der Waals surface area contributed by atoms with Crippen molar-refractivity contribution >= 4 is 54.0 Å². The first-order chi connectivity index (χ1) is 9.58. The van der Waals surface area contributed by atoms with Gasteiger partial charge in [0.15, 0.2) is 0 Å². The van der Waals surface area contributed by atoms with E-state index in [1.807, 2.05) is 0 Å². The smallest absolute Gasteiger partial charge is 0.0843 e. The fraction of sp³-hybridized carbons (Fsp3) is 0.125. The molecule has 2 aromatic carbocycles. The summed E-state index contributed by atoms with van der Waals surface area (Å²) in [4.78, 5) is 1.16. The third kappa shape index (κ3) is 2.46. The second kappa shape index (κ2) is 5.60. The Labute approximate surface area is 139 Å². The zero-order valence-electron chi connectivity index (χ0n) is 10.9. The molecule has 0 aliphatic heterocycles. The van der Waals surface area contributed by atoms with Crippen molar-refractivity contribution in [3.05, 3.63) is 66.7 Å². The third-order valence-electron chi connectivity index (χ3n) is 3.47. The Morgan fingerprint density at radius 1 is 1.10 bits per heavy atom. The SMILES string of the molecule is Cc1ccc2ccccc2c1C(N)c1cc(Br)c(Br)s1. The van der Waals surface area contributed by atoms with E-state index in [-0.39, 0.29) is 6.04 Å². The van der Waals surface area contributed by atoms with E-state index in [0.717, 1.165) is 13.1 Å². The Kier molecular flexibility index (Phi) is 4.00. The van der Waals surface area contributed by atoms with Crippen LogP contribution in [0, 0.1) is 6.92 Å². The van der Waals surface area contributed by atoms with Crippen LogP contribution in [0.25, 0.3) is 10.8 Å². The lowest BCUT2D eigenvalue weighted by atomic mass is 9.94. The number of hydrogen-bond acceptors (Lipinski definition) is 2.